The SMILES string of the molecule is CC(C)c1cccc(-n2c(N)nc3c(F)cccc32)c1. The van der Waals surface area contributed by atoms with Gasteiger partial charge in [-0.25, -0.2) is 9.37 Å². The molecule has 0 spiro atoms. The van der Waals surface area contributed by atoms with E-state index in [4.69, 9.17) is 5.73 Å². The Morgan fingerprint density at radius 3 is 2.65 bits per heavy atom. The van der Waals surface area contributed by atoms with Crippen molar-refractivity contribution in [1.82, 2.24) is 9.55 Å². The van der Waals surface area contributed by atoms with Crippen molar-refractivity contribution in [2.24, 2.45) is 0 Å². The molecule has 2 aromatic carbocycles. The van der Waals surface area contributed by atoms with E-state index in [0.29, 0.717) is 22.9 Å². The number of fused-ring (bicyclic) bond motifs is 1. The summed E-state index contributed by atoms with van der Waals surface area (Å²) in [4.78, 5) is 4.13. The van der Waals surface area contributed by atoms with Crippen molar-refractivity contribution in [1.29, 1.82) is 0 Å². The molecule has 0 radical (unpaired) electrons. The van der Waals surface area contributed by atoms with Crippen molar-refractivity contribution in [3.8, 4) is 5.69 Å². The first kappa shape index (κ1) is 12.7. The van der Waals surface area contributed by atoms with Crippen molar-refractivity contribution in [3.05, 3.63) is 53.8 Å². The van der Waals surface area contributed by atoms with Gasteiger partial charge in [-0.15, -0.1) is 0 Å². The van der Waals surface area contributed by atoms with Gasteiger partial charge in [0.25, 0.3) is 0 Å². The molecule has 1 aromatic heterocycles. The van der Waals surface area contributed by atoms with Crippen LogP contribution in [0, 0.1) is 5.82 Å². The van der Waals surface area contributed by atoms with Gasteiger partial charge in [0.05, 0.1) is 5.52 Å². The molecular weight excluding hydrogens is 253 g/mol. The number of benzene rings is 2. The number of anilines is 1. The fourth-order valence-corrected chi connectivity index (χ4v) is 2.38. The summed E-state index contributed by atoms with van der Waals surface area (Å²) < 4.78 is 15.6. The van der Waals surface area contributed by atoms with Crippen molar-refractivity contribution < 1.29 is 4.39 Å². The largest absolute Gasteiger partial charge is 0.369 e. The van der Waals surface area contributed by atoms with Crippen LogP contribution in [0.5, 0.6) is 0 Å². The van der Waals surface area contributed by atoms with E-state index in [2.05, 4.69) is 31.0 Å². The molecule has 0 bridgehead atoms. The second-order valence-electron chi connectivity index (χ2n) is 5.16. The zero-order valence-electron chi connectivity index (χ0n) is 11.5. The summed E-state index contributed by atoms with van der Waals surface area (Å²) in [7, 11) is 0. The quantitative estimate of drug-likeness (QED) is 0.767. The summed E-state index contributed by atoms with van der Waals surface area (Å²) in [6, 6.07) is 13.0. The molecule has 0 aliphatic carbocycles. The highest BCUT2D eigenvalue weighted by Gasteiger charge is 2.13. The Morgan fingerprint density at radius 1 is 1.15 bits per heavy atom. The van der Waals surface area contributed by atoms with Crippen LogP contribution in [-0.2, 0) is 0 Å². The highest BCUT2D eigenvalue weighted by molar-refractivity contribution is 5.81. The average molecular weight is 269 g/mol. The molecule has 0 amide bonds. The van der Waals surface area contributed by atoms with Crippen LogP contribution >= 0.6 is 0 Å². The summed E-state index contributed by atoms with van der Waals surface area (Å²) in [5.41, 5.74) is 9.07. The van der Waals surface area contributed by atoms with Crippen molar-refractivity contribution in [2.75, 3.05) is 5.73 Å². The molecule has 0 aliphatic heterocycles. The minimum Gasteiger partial charge on any atom is -0.369 e. The summed E-state index contributed by atoms with van der Waals surface area (Å²) in [6.45, 7) is 4.27. The van der Waals surface area contributed by atoms with E-state index in [1.165, 1.54) is 11.6 Å². The van der Waals surface area contributed by atoms with E-state index >= 15 is 0 Å². The van der Waals surface area contributed by atoms with Gasteiger partial charge in [0, 0.05) is 5.69 Å². The molecule has 1 heterocycles. The van der Waals surface area contributed by atoms with Gasteiger partial charge in [-0.3, -0.25) is 4.57 Å². The number of imidazole rings is 1. The number of rotatable bonds is 2. The molecule has 20 heavy (non-hydrogen) atoms. The molecule has 3 nitrogen and oxygen atoms in total. The summed E-state index contributed by atoms with van der Waals surface area (Å²) >= 11 is 0. The molecular formula is C16H16FN3. The van der Waals surface area contributed by atoms with Gasteiger partial charge >= 0.3 is 0 Å². The van der Waals surface area contributed by atoms with E-state index in [1.54, 1.807) is 10.6 Å². The Balaban J connectivity index is 2.27. The van der Waals surface area contributed by atoms with E-state index < -0.39 is 0 Å². The highest BCUT2D eigenvalue weighted by Crippen LogP contribution is 2.26. The molecule has 0 atom stereocenters. The van der Waals surface area contributed by atoms with E-state index in [9.17, 15) is 4.39 Å². The third kappa shape index (κ3) is 1.93. The van der Waals surface area contributed by atoms with E-state index in [0.717, 1.165) is 5.69 Å². The van der Waals surface area contributed by atoms with Crippen molar-refractivity contribution in [3.63, 3.8) is 0 Å². The molecule has 0 saturated carbocycles. The van der Waals surface area contributed by atoms with Crippen LogP contribution in [0.4, 0.5) is 10.3 Å². The number of para-hydroxylation sites is 1. The predicted octanol–water partition coefficient (Wildman–Crippen LogP) is 3.87. The number of nitrogens with zero attached hydrogens (tertiary/aromatic N) is 2. The zero-order valence-corrected chi connectivity index (χ0v) is 11.5. The minimum absolute atomic E-state index is 0.297. The Hall–Kier alpha value is -2.36. The van der Waals surface area contributed by atoms with Crippen LogP contribution in [0.3, 0.4) is 0 Å². The Labute approximate surface area is 116 Å². The average Bonchev–Trinajstić information content (AvgIpc) is 2.77. The molecule has 0 aliphatic rings. The highest BCUT2D eigenvalue weighted by atomic mass is 19.1. The molecule has 3 rings (SSSR count). The number of hydrogen-bond acceptors (Lipinski definition) is 2. The standard InChI is InChI=1S/C16H16FN3/c1-10(2)11-5-3-6-12(9-11)20-14-8-4-7-13(17)15(14)19-16(20)18/h3-10H,1-2H3,(H2,18,19). The van der Waals surface area contributed by atoms with Gasteiger partial charge in [0.15, 0.2) is 5.82 Å². The lowest BCUT2D eigenvalue weighted by Gasteiger charge is -2.10. The minimum atomic E-state index is -0.354. The Bertz CT molecular complexity index is 774. The van der Waals surface area contributed by atoms with Gasteiger partial charge in [-0.1, -0.05) is 32.0 Å². The van der Waals surface area contributed by atoms with Crippen molar-refractivity contribution in [2.45, 2.75) is 19.8 Å². The molecule has 0 saturated heterocycles. The maximum atomic E-state index is 13.8. The molecule has 0 unspecified atom stereocenters. The number of hydrogen-bond donors (Lipinski definition) is 1. The second-order valence-corrected chi connectivity index (χ2v) is 5.16. The Morgan fingerprint density at radius 2 is 1.90 bits per heavy atom. The van der Waals surface area contributed by atoms with Gasteiger partial charge in [0.1, 0.15) is 5.52 Å². The summed E-state index contributed by atoms with van der Waals surface area (Å²) in [6.07, 6.45) is 0. The van der Waals surface area contributed by atoms with Crippen LogP contribution < -0.4 is 5.73 Å². The molecule has 102 valence electrons. The van der Waals surface area contributed by atoms with E-state index in [-0.39, 0.29) is 5.82 Å². The summed E-state index contributed by atoms with van der Waals surface area (Å²) in [5, 5.41) is 0. The van der Waals surface area contributed by atoms with Gasteiger partial charge in [-0.05, 0) is 35.7 Å². The number of nitrogens with two attached hydrogens (primary N) is 1. The predicted molar refractivity (Wildman–Crippen MR) is 79.5 cm³/mol. The van der Waals surface area contributed by atoms with Gasteiger partial charge < -0.3 is 5.73 Å². The first-order valence-corrected chi connectivity index (χ1v) is 6.60. The molecule has 2 N–H and O–H groups in total. The van der Waals surface area contributed by atoms with Crippen LogP contribution in [0.15, 0.2) is 42.5 Å². The fraction of sp³-hybridized carbons (Fsp3) is 0.188. The fourth-order valence-electron chi connectivity index (χ4n) is 2.38. The smallest absolute Gasteiger partial charge is 0.206 e. The lowest BCUT2D eigenvalue weighted by Crippen LogP contribution is -2.01. The number of aromatic nitrogens is 2. The third-order valence-corrected chi connectivity index (χ3v) is 3.46. The lowest BCUT2D eigenvalue weighted by molar-refractivity contribution is 0.637. The monoisotopic (exact) mass is 269 g/mol. The molecule has 3 aromatic rings. The first-order chi connectivity index (χ1) is 9.58. The van der Waals surface area contributed by atoms with Crippen LogP contribution in [0.1, 0.15) is 25.3 Å². The molecule has 4 heteroatoms. The number of nitrogen functional groups attached to an aromatic ring is 1. The molecule has 0 fully saturated rings. The topological polar surface area (TPSA) is 43.8 Å². The van der Waals surface area contributed by atoms with Crippen LogP contribution in [-0.4, -0.2) is 9.55 Å². The lowest BCUT2D eigenvalue weighted by atomic mass is 10.0. The van der Waals surface area contributed by atoms with Crippen LogP contribution in [0.25, 0.3) is 16.7 Å². The second kappa shape index (κ2) is 4.63. The maximum absolute atomic E-state index is 13.8. The van der Waals surface area contributed by atoms with Gasteiger partial charge in [0.2, 0.25) is 5.95 Å². The normalized spacial score (nSPS) is 11.4. The van der Waals surface area contributed by atoms with Crippen molar-refractivity contribution >= 4 is 17.0 Å². The van der Waals surface area contributed by atoms with Crippen LogP contribution in [0.2, 0.25) is 0 Å². The van der Waals surface area contributed by atoms with Gasteiger partial charge in [-0.2, -0.15) is 0 Å². The van der Waals surface area contributed by atoms with E-state index in [1.807, 2.05) is 18.2 Å². The number of halogens is 1. The zero-order chi connectivity index (χ0) is 14.3. The first-order valence-electron chi connectivity index (χ1n) is 6.60. The Kier molecular flexibility index (Phi) is 2.93. The third-order valence-electron chi connectivity index (χ3n) is 3.46. The maximum Gasteiger partial charge on any atom is 0.206 e. The summed E-state index contributed by atoms with van der Waals surface area (Å²) in [5.74, 6) is 0.363.